The van der Waals surface area contributed by atoms with E-state index in [9.17, 15) is 0 Å². The highest BCUT2D eigenvalue weighted by atomic mass is 14.7. The second-order valence-electron chi connectivity index (χ2n) is 6.23. The summed E-state index contributed by atoms with van der Waals surface area (Å²) in [5, 5.41) is 0. The molecular weight excluding hydrogens is 278 g/mol. The second kappa shape index (κ2) is 7.23. The van der Waals surface area contributed by atoms with E-state index in [4.69, 9.17) is 4.98 Å². The first-order valence-electron chi connectivity index (χ1n) is 8.29. The van der Waals surface area contributed by atoms with E-state index >= 15 is 0 Å². The predicted octanol–water partition coefficient (Wildman–Crippen LogP) is 5.54. The van der Waals surface area contributed by atoms with Crippen LogP contribution >= 0.6 is 0 Å². The largest absolute Gasteiger partial charge is 0.253 e. The average molecular weight is 301 g/mol. The summed E-state index contributed by atoms with van der Waals surface area (Å²) in [5.74, 6) is 0. The van der Waals surface area contributed by atoms with Crippen molar-refractivity contribution in [2.75, 3.05) is 0 Å². The summed E-state index contributed by atoms with van der Waals surface area (Å²) >= 11 is 0. The highest BCUT2D eigenvalue weighted by molar-refractivity contribution is 5.61. The molecule has 0 fully saturated rings. The van der Waals surface area contributed by atoms with Gasteiger partial charge in [-0.2, -0.15) is 0 Å². The molecule has 0 aliphatic carbocycles. The summed E-state index contributed by atoms with van der Waals surface area (Å²) in [6, 6.07) is 23.7. The van der Waals surface area contributed by atoms with Crippen molar-refractivity contribution in [3.05, 3.63) is 89.1 Å². The number of pyridine rings is 1. The van der Waals surface area contributed by atoms with Gasteiger partial charge in [0, 0.05) is 11.3 Å². The van der Waals surface area contributed by atoms with Crippen LogP contribution in [-0.2, 0) is 12.8 Å². The Bertz CT molecular complexity index is 755. The fourth-order valence-electron chi connectivity index (χ4n) is 3.02. The minimum absolute atomic E-state index is 1.02. The van der Waals surface area contributed by atoms with Crippen molar-refractivity contribution in [2.45, 2.75) is 33.1 Å². The first-order valence-corrected chi connectivity index (χ1v) is 8.29. The van der Waals surface area contributed by atoms with Crippen LogP contribution in [0.2, 0.25) is 0 Å². The summed E-state index contributed by atoms with van der Waals surface area (Å²) in [6.45, 7) is 4.28. The normalized spacial score (nSPS) is 10.7. The maximum atomic E-state index is 4.86. The molecule has 0 bridgehead atoms. The third kappa shape index (κ3) is 4.29. The van der Waals surface area contributed by atoms with Gasteiger partial charge in [0.05, 0.1) is 5.69 Å². The molecular formula is C22H23N. The molecule has 0 atom stereocenters. The molecule has 3 rings (SSSR count). The molecule has 3 aromatic rings. The van der Waals surface area contributed by atoms with E-state index in [1.807, 2.05) is 0 Å². The Labute approximate surface area is 139 Å². The number of aryl methyl sites for hydroxylation is 4. The van der Waals surface area contributed by atoms with E-state index in [2.05, 4.69) is 80.6 Å². The van der Waals surface area contributed by atoms with Crippen molar-refractivity contribution in [1.82, 2.24) is 4.98 Å². The molecule has 0 saturated heterocycles. The van der Waals surface area contributed by atoms with E-state index in [0.29, 0.717) is 0 Å². The van der Waals surface area contributed by atoms with Crippen molar-refractivity contribution in [1.29, 1.82) is 0 Å². The minimum Gasteiger partial charge on any atom is -0.253 e. The summed E-state index contributed by atoms with van der Waals surface area (Å²) in [4.78, 5) is 4.86. The number of hydrogen-bond donors (Lipinski definition) is 0. The summed E-state index contributed by atoms with van der Waals surface area (Å²) in [6.07, 6.45) is 3.26. The fourth-order valence-corrected chi connectivity index (χ4v) is 3.02. The van der Waals surface area contributed by atoms with Gasteiger partial charge in [-0.3, -0.25) is 4.98 Å². The van der Waals surface area contributed by atoms with Crippen LogP contribution < -0.4 is 0 Å². The van der Waals surface area contributed by atoms with Gasteiger partial charge in [-0.1, -0.05) is 53.6 Å². The van der Waals surface area contributed by atoms with E-state index in [-0.39, 0.29) is 0 Å². The van der Waals surface area contributed by atoms with Gasteiger partial charge in [-0.15, -0.1) is 0 Å². The maximum Gasteiger partial charge on any atom is 0.0705 e. The Morgan fingerprint density at radius 1 is 0.739 bits per heavy atom. The Kier molecular flexibility index (Phi) is 4.87. The van der Waals surface area contributed by atoms with Gasteiger partial charge < -0.3 is 0 Å². The van der Waals surface area contributed by atoms with Crippen LogP contribution in [0.1, 0.15) is 28.8 Å². The molecule has 0 unspecified atom stereocenters. The van der Waals surface area contributed by atoms with Gasteiger partial charge >= 0.3 is 0 Å². The van der Waals surface area contributed by atoms with E-state index in [0.717, 1.165) is 25.0 Å². The molecule has 23 heavy (non-hydrogen) atoms. The Hall–Kier alpha value is -2.41. The Morgan fingerprint density at radius 2 is 1.48 bits per heavy atom. The molecule has 0 spiro atoms. The third-order valence-electron chi connectivity index (χ3n) is 4.07. The molecule has 0 saturated carbocycles. The molecule has 0 amide bonds. The maximum absolute atomic E-state index is 4.86. The lowest BCUT2D eigenvalue weighted by atomic mass is 10.0. The van der Waals surface area contributed by atoms with Crippen LogP contribution in [0.4, 0.5) is 0 Å². The van der Waals surface area contributed by atoms with Crippen LogP contribution in [0.3, 0.4) is 0 Å². The minimum atomic E-state index is 1.02. The average Bonchev–Trinajstić information content (AvgIpc) is 2.55. The van der Waals surface area contributed by atoms with Gasteiger partial charge in [0.1, 0.15) is 0 Å². The SMILES string of the molecule is Cc1cc(C)cc(-c2cccc(CCCc3ccccc3)n2)c1. The van der Waals surface area contributed by atoms with Crippen LogP contribution in [0.5, 0.6) is 0 Å². The Balaban J connectivity index is 1.70. The quantitative estimate of drug-likeness (QED) is 0.603. The van der Waals surface area contributed by atoms with E-state index in [1.54, 1.807) is 0 Å². The first kappa shape index (κ1) is 15.5. The summed E-state index contributed by atoms with van der Waals surface area (Å²) < 4.78 is 0. The van der Waals surface area contributed by atoms with Gasteiger partial charge in [-0.25, -0.2) is 0 Å². The predicted molar refractivity (Wildman–Crippen MR) is 97.6 cm³/mol. The standard InChI is InChI=1S/C22H23N/c1-17-14-18(2)16-20(15-17)22-13-7-12-21(23-22)11-6-10-19-8-4-3-5-9-19/h3-5,7-9,12-16H,6,10-11H2,1-2H3. The monoisotopic (exact) mass is 301 g/mol. The van der Waals surface area contributed by atoms with Gasteiger partial charge in [0.25, 0.3) is 0 Å². The molecule has 1 heteroatoms. The zero-order valence-corrected chi connectivity index (χ0v) is 13.9. The number of nitrogens with zero attached hydrogens (tertiary/aromatic N) is 1. The lowest BCUT2D eigenvalue weighted by molar-refractivity contribution is 0.800. The van der Waals surface area contributed by atoms with Crippen LogP contribution in [-0.4, -0.2) is 4.98 Å². The topological polar surface area (TPSA) is 12.9 Å². The number of hydrogen-bond acceptors (Lipinski definition) is 1. The molecule has 0 N–H and O–H groups in total. The molecule has 1 nitrogen and oxygen atoms in total. The van der Waals surface area contributed by atoms with E-state index < -0.39 is 0 Å². The number of rotatable bonds is 5. The zero-order chi connectivity index (χ0) is 16.1. The van der Waals surface area contributed by atoms with Crippen LogP contribution in [0.15, 0.2) is 66.7 Å². The third-order valence-corrected chi connectivity index (χ3v) is 4.07. The van der Waals surface area contributed by atoms with Gasteiger partial charge in [0.2, 0.25) is 0 Å². The van der Waals surface area contributed by atoms with Crippen molar-refractivity contribution in [2.24, 2.45) is 0 Å². The number of aromatic nitrogens is 1. The molecule has 116 valence electrons. The molecule has 1 aromatic heterocycles. The smallest absolute Gasteiger partial charge is 0.0705 e. The lowest BCUT2D eigenvalue weighted by Gasteiger charge is -2.07. The van der Waals surface area contributed by atoms with E-state index in [1.165, 1.54) is 27.9 Å². The van der Waals surface area contributed by atoms with Gasteiger partial charge in [0.15, 0.2) is 0 Å². The fraction of sp³-hybridized carbons (Fsp3) is 0.227. The van der Waals surface area contributed by atoms with Gasteiger partial charge in [-0.05, 0) is 62.9 Å². The summed E-state index contributed by atoms with van der Waals surface area (Å²) in [5.41, 5.74) is 7.45. The van der Waals surface area contributed by atoms with Crippen molar-refractivity contribution >= 4 is 0 Å². The highest BCUT2D eigenvalue weighted by Gasteiger charge is 2.03. The van der Waals surface area contributed by atoms with Crippen LogP contribution in [0.25, 0.3) is 11.3 Å². The van der Waals surface area contributed by atoms with Crippen LogP contribution in [0, 0.1) is 13.8 Å². The first-order chi connectivity index (χ1) is 11.2. The molecule has 0 aliphatic heterocycles. The zero-order valence-electron chi connectivity index (χ0n) is 13.9. The second-order valence-corrected chi connectivity index (χ2v) is 6.23. The molecule has 0 aliphatic rings. The highest BCUT2D eigenvalue weighted by Crippen LogP contribution is 2.21. The lowest BCUT2D eigenvalue weighted by Crippen LogP contribution is -1.95. The van der Waals surface area contributed by atoms with Crippen molar-refractivity contribution in [3.8, 4) is 11.3 Å². The molecule has 0 radical (unpaired) electrons. The number of benzene rings is 2. The Morgan fingerprint density at radius 3 is 2.22 bits per heavy atom. The molecule has 1 heterocycles. The molecule has 2 aromatic carbocycles. The summed E-state index contributed by atoms with van der Waals surface area (Å²) in [7, 11) is 0. The van der Waals surface area contributed by atoms with Crippen molar-refractivity contribution in [3.63, 3.8) is 0 Å². The van der Waals surface area contributed by atoms with Crippen molar-refractivity contribution < 1.29 is 0 Å².